The number of hydrogen-bond acceptors (Lipinski definition) is 1. The lowest BCUT2D eigenvalue weighted by Crippen LogP contribution is -2.30. The molecule has 0 aliphatic heterocycles. The summed E-state index contributed by atoms with van der Waals surface area (Å²) in [7, 11) is -1.38. The van der Waals surface area contributed by atoms with Crippen LogP contribution in [0.2, 0.25) is 19.6 Å². The third-order valence-electron chi connectivity index (χ3n) is 1.92. The maximum atomic E-state index is 9.56. The van der Waals surface area contributed by atoms with E-state index in [-0.39, 0.29) is 6.10 Å². The highest BCUT2D eigenvalue weighted by molar-refractivity contribution is 6.83. The first-order valence-electron chi connectivity index (χ1n) is 5.03. The molecule has 13 heavy (non-hydrogen) atoms. The van der Waals surface area contributed by atoms with Crippen LogP contribution in [0.3, 0.4) is 0 Å². The zero-order valence-electron chi connectivity index (χ0n) is 9.52. The van der Waals surface area contributed by atoms with E-state index in [1.165, 1.54) is 0 Å². The Morgan fingerprint density at radius 2 is 2.00 bits per heavy atom. The van der Waals surface area contributed by atoms with Gasteiger partial charge in [-0.15, -0.1) is 5.73 Å². The molecule has 0 rings (SSSR count). The topological polar surface area (TPSA) is 20.2 Å². The highest BCUT2D eigenvalue weighted by Gasteiger charge is 2.22. The van der Waals surface area contributed by atoms with Crippen molar-refractivity contribution in [2.24, 2.45) is 0 Å². The van der Waals surface area contributed by atoms with Crippen molar-refractivity contribution in [3.8, 4) is 0 Å². The second-order valence-corrected chi connectivity index (χ2v) is 9.52. The Bertz CT molecular complexity index is 205. The minimum Gasteiger partial charge on any atom is -0.389 e. The van der Waals surface area contributed by atoms with Crippen LogP contribution >= 0.6 is 0 Å². The third-order valence-corrected chi connectivity index (χ3v) is 4.09. The van der Waals surface area contributed by atoms with E-state index in [4.69, 9.17) is 0 Å². The monoisotopic (exact) mass is 198 g/mol. The standard InChI is InChI=1S/C11H22OSi/c1-6-7-8-9-11(10(2)12)13(3,4)5/h8,10,12H,6-7H2,1-5H3. The first-order valence-corrected chi connectivity index (χ1v) is 8.53. The summed E-state index contributed by atoms with van der Waals surface area (Å²) < 4.78 is 0. The normalized spacial score (nSPS) is 13.4. The number of aliphatic hydroxyl groups is 1. The molecule has 1 atom stereocenters. The van der Waals surface area contributed by atoms with Crippen LogP contribution in [-0.2, 0) is 0 Å². The Kier molecular flexibility index (Phi) is 5.31. The lowest BCUT2D eigenvalue weighted by Gasteiger charge is -2.21. The van der Waals surface area contributed by atoms with Crippen molar-refractivity contribution in [2.45, 2.75) is 52.4 Å². The lowest BCUT2D eigenvalue weighted by atomic mass is 10.3. The second kappa shape index (κ2) is 5.43. The van der Waals surface area contributed by atoms with Crippen molar-refractivity contribution in [3.63, 3.8) is 0 Å². The van der Waals surface area contributed by atoms with E-state index >= 15 is 0 Å². The van der Waals surface area contributed by atoms with Crippen LogP contribution < -0.4 is 0 Å². The van der Waals surface area contributed by atoms with Gasteiger partial charge in [-0.1, -0.05) is 33.0 Å². The van der Waals surface area contributed by atoms with Gasteiger partial charge in [-0.3, -0.25) is 0 Å². The van der Waals surface area contributed by atoms with Crippen LogP contribution in [0.1, 0.15) is 26.7 Å². The van der Waals surface area contributed by atoms with E-state index in [9.17, 15) is 5.11 Å². The molecule has 0 bridgehead atoms. The molecule has 0 saturated heterocycles. The molecule has 0 aromatic heterocycles. The van der Waals surface area contributed by atoms with E-state index in [1.54, 1.807) is 0 Å². The van der Waals surface area contributed by atoms with Crippen molar-refractivity contribution >= 4 is 8.07 Å². The Morgan fingerprint density at radius 3 is 2.31 bits per heavy atom. The number of hydrogen-bond donors (Lipinski definition) is 1. The van der Waals surface area contributed by atoms with E-state index < -0.39 is 8.07 Å². The fraction of sp³-hybridized carbons (Fsp3) is 0.727. The Morgan fingerprint density at radius 1 is 1.46 bits per heavy atom. The summed E-state index contributed by atoms with van der Waals surface area (Å²) in [5.41, 5.74) is 3.26. The predicted molar refractivity (Wildman–Crippen MR) is 61.5 cm³/mol. The maximum Gasteiger partial charge on any atom is 0.0857 e. The van der Waals surface area contributed by atoms with Crippen LogP contribution in [0, 0.1) is 0 Å². The zero-order chi connectivity index (χ0) is 10.5. The molecule has 1 N–H and O–H groups in total. The van der Waals surface area contributed by atoms with Crippen molar-refractivity contribution in [1.29, 1.82) is 0 Å². The Hall–Kier alpha value is -0.303. The van der Waals surface area contributed by atoms with E-state index in [1.807, 2.05) is 6.92 Å². The molecule has 76 valence electrons. The van der Waals surface area contributed by atoms with Crippen molar-refractivity contribution < 1.29 is 5.11 Å². The molecule has 0 heterocycles. The number of unbranched alkanes of at least 4 members (excludes halogenated alkanes) is 1. The summed E-state index contributed by atoms with van der Waals surface area (Å²) in [5.74, 6) is 0. The van der Waals surface area contributed by atoms with Gasteiger partial charge in [-0.2, -0.15) is 0 Å². The molecular weight excluding hydrogens is 176 g/mol. The van der Waals surface area contributed by atoms with Gasteiger partial charge < -0.3 is 5.11 Å². The highest BCUT2D eigenvalue weighted by atomic mass is 28.3. The maximum absolute atomic E-state index is 9.56. The van der Waals surface area contributed by atoms with E-state index in [2.05, 4.69) is 38.4 Å². The van der Waals surface area contributed by atoms with E-state index in [0.717, 1.165) is 18.0 Å². The molecule has 0 radical (unpaired) electrons. The number of aliphatic hydroxyl groups excluding tert-OH is 1. The Labute approximate surface area is 83.2 Å². The third kappa shape index (κ3) is 5.09. The molecule has 0 aromatic carbocycles. The summed E-state index contributed by atoms with van der Waals surface area (Å²) in [6.45, 7) is 10.7. The van der Waals surface area contributed by atoms with Crippen LogP contribution in [0.25, 0.3) is 0 Å². The van der Waals surface area contributed by atoms with Gasteiger partial charge in [0.05, 0.1) is 14.2 Å². The van der Waals surface area contributed by atoms with Crippen molar-refractivity contribution in [2.75, 3.05) is 0 Å². The van der Waals surface area contributed by atoms with Gasteiger partial charge in [-0.05, 0) is 24.6 Å². The van der Waals surface area contributed by atoms with Crippen LogP contribution in [0.4, 0.5) is 0 Å². The van der Waals surface area contributed by atoms with Gasteiger partial charge >= 0.3 is 0 Å². The molecule has 0 spiro atoms. The fourth-order valence-corrected chi connectivity index (χ4v) is 3.08. The average Bonchev–Trinajstić information content (AvgIpc) is 1.94. The van der Waals surface area contributed by atoms with Crippen molar-refractivity contribution in [1.82, 2.24) is 0 Å². The molecular formula is C11H22OSi. The summed E-state index contributed by atoms with van der Waals surface area (Å²) in [6, 6.07) is 0. The fourth-order valence-electron chi connectivity index (χ4n) is 1.29. The molecule has 0 fully saturated rings. The minimum atomic E-state index is -1.38. The summed E-state index contributed by atoms with van der Waals surface area (Å²) in [5, 5.41) is 10.7. The minimum absolute atomic E-state index is 0.334. The molecule has 0 aromatic rings. The first kappa shape index (κ1) is 12.7. The molecule has 0 saturated carbocycles. The second-order valence-electron chi connectivity index (χ2n) is 4.48. The van der Waals surface area contributed by atoms with Gasteiger partial charge in [0, 0.05) is 0 Å². The largest absolute Gasteiger partial charge is 0.389 e. The molecule has 0 aliphatic carbocycles. The smallest absolute Gasteiger partial charge is 0.0857 e. The van der Waals surface area contributed by atoms with Crippen LogP contribution in [0.5, 0.6) is 0 Å². The SMILES string of the molecule is CCCC=C=C(C(C)O)[Si](C)(C)C. The number of rotatable bonds is 4. The zero-order valence-corrected chi connectivity index (χ0v) is 10.5. The molecule has 1 nitrogen and oxygen atoms in total. The molecule has 0 aliphatic rings. The predicted octanol–water partition coefficient (Wildman–Crippen LogP) is 3.13. The Balaban J connectivity index is 4.71. The van der Waals surface area contributed by atoms with Crippen molar-refractivity contribution in [3.05, 3.63) is 17.0 Å². The van der Waals surface area contributed by atoms with Gasteiger partial charge in [0.1, 0.15) is 0 Å². The first-order chi connectivity index (χ1) is 5.89. The van der Waals surface area contributed by atoms with Gasteiger partial charge in [-0.25, -0.2) is 0 Å². The summed E-state index contributed by atoms with van der Waals surface area (Å²) >= 11 is 0. The van der Waals surface area contributed by atoms with Gasteiger partial charge in [0.25, 0.3) is 0 Å². The quantitative estimate of drug-likeness (QED) is 0.543. The molecule has 2 heteroatoms. The van der Waals surface area contributed by atoms with Crippen LogP contribution in [-0.4, -0.2) is 19.3 Å². The molecule has 1 unspecified atom stereocenters. The average molecular weight is 198 g/mol. The highest BCUT2D eigenvalue weighted by Crippen LogP contribution is 2.16. The van der Waals surface area contributed by atoms with Gasteiger partial charge in [0.15, 0.2) is 0 Å². The summed E-state index contributed by atoms with van der Waals surface area (Å²) in [4.78, 5) is 0. The molecule has 0 amide bonds. The summed E-state index contributed by atoms with van der Waals surface area (Å²) in [6.07, 6.45) is 3.92. The van der Waals surface area contributed by atoms with Gasteiger partial charge in [0.2, 0.25) is 0 Å². The lowest BCUT2D eigenvalue weighted by molar-refractivity contribution is 0.238. The van der Waals surface area contributed by atoms with E-state index in [0.29, 0.717) is 0 Å². The van der Waals surface area contributed by atoms with Crippen LogP contribution in [0.15, 0.2) is 17.0 Å².